The second kappa shape index (κ2) is 9.30. The van der Waals surface area contributed by atoms with Crippen molar-refractivity contribution in [1.82, 2.24) is 5.32 Å². The lowest BCUT2D eigenvalue weighted by Crippen LogP contribution is -2.34. The van der Waals surface area contributed by atoms with E-state index in [-0.39, 0.29) is 26.5 Å². The lowest BCUT2D eigenvalue weighted by Gasteiger charge is -2.11. The predicted molar refractivity (Wildman–Crippen MR) is 121 cm³/mol. The van der Waals surface area contributed by atoms with Crippen LogP contribution in [0.3, 0.4) is 0 Å². The number of ether oxygens (including phenoxy) is 1. The Bertz CT molecular complexity index is 968. The number of hydrogen-bond donors (Lipinski definition) is 3. The van der Waals surface area contributed by atoms with Crippen LogP contribution in [0.25, 0.3) is 0 Å². The first-order valence-corrected chi connectivity index (χ1v) is 10.9. The first-order valence-electron chi connectivity index (χ1n) is 8.91. The van der Waals surface area contributed by atoms with Gasteiger partial charge < -0.3 is 15.8 Å². The maximum absolute atomic E-state index is 12.5. The van der Waals surface area contributed by atoms with Gasteiger partial charge in [0.25, 0.3) is 11.8 Å². The molecule has 1 aliphatic carbocycles. The molecule has 10 heteroatoms. The van der Waals surface area contributed by atoms with Gasteiger partial charge >= 0.3 is 0 Å². The van der Waals surface area contributed by atoms with Gasteiger partial charge in [-0.2, -0.15) is 0 Å². The third-order valence-corrected chi connectivity index (χ3v) is 6.56. The van der Waals surface area contributed by atoms with Crippen molar-refractivity contribution in [2.45, 2.75) is 32.1 Å². The maximum atomic E-state index is 12.5. The lowest BCUT2D eigenvalue weighted by molar-refractivity contribution is 0.0975. The van der Waals surface area contributed by atoms with Gasteiger partial charge in [-0.25, -0.2) is 0 Å². The fourth-order valence-electron chi connectivity index (χ4n) is 3.29. The molecule has 0 fully saturated rings. The molecule has 0 bridgehead atoms. The SMILES string of the molecule is COc1c(Cl)cc(C(=O)NC(=S)Nc2sc3c(c2C(N)=O)CCCCC3)cc1Cl. The molecule has 3 rings (SSSR count). The number of primary amides is 1. The Morgan fingerprint density at radius 1 is 1.17 bits per heavy atom. The number of rotatable bonds is 4. The molecular weight excluding hydrogens is 453 g/mol. The van der Waals surface area contributed by atoms with Crippen molar-refractivity contribution >= 4 is 68.7 Å². The van der Waals surface area contributed by atoms with Crippen molar-refractivity contribution in [2.75, 3.05) is 12.4 Å². The first kappa shape index (κ1) is 21.8. The zero-order chi connectivity index (χ0) is 21.1. The van der Waals surface area contributed by atoms with Crippen molar-refractivity contribution in [2.24, 2.45) is 5.73 Å². The summed E-state index contributed by atoms with van der Waals surface area (Å²) < 4.78 is 5.08. The fraction of sp³-hybridized carbons (Fsp3) is 0.316. The summed E-state index contributed by atoms with van der Waals surface area (Å²) in [5, 5.41) is 6.55. The van der Waals surface area contributed by atoms with E-state index in [2.05, 4.69) is 10.6 Å². The first-order chi connectivity index (χ1) is 13.8. The van der Waals surface area contributed by atoms with Crippen molar-refractivity contribution in [1.29, 1.82) is 0 Å². The summed E-state index contributed by atoms with van der Waals surface area (Å²) in [6.07, 6.45) is 4.94. The zero-order valence-electron chi connectivity index (χ0n) is 15.6. The maximum Gasteiger partial charge on any atom is 0.257 e. The third-order valence-electron chi connectivity index (χ3n) is 4.59. The van der Waals surface area contributed by atoms with Crippen LogP contribution in [-0.2, 0) is 12.8 Å². The van der Waals surface area contributed by atoms with Gasteiger partial charge in [-0.3, -0.25) is 14.9 Å². The average Bonchev–Trinajstić information content (AvgIpc) is 2.82. The largest absolute Gasteiger partial charge is 0.494 e. The highest BCUT2D eigenvalue weighted by atomic mass is 35.5. The second-order valence-corrected chi connectivity index (χ2v) is 8.84. The van der Waals surface area contributed by atoms with Gasteiger partial charge in [0.1, 0.15) is 5.00 Å². The molecule has 154 valence electrons. The Morgan fingerprint density at radius 2 is 1.83 bits per heavy atom. The van der Waals surface area contributed by atoms with Gasteiger partial charge in [-0.05, 0) is 55.6 Å². The highest BCUT2D eigenvalue weighted by Crippen LogP contribution is 2.37. The van der Waals surface area contributed by atoms with E-state index in [1.807, 2.05) is 0 Å². The Hall–Kier alpha value is -1.87. The molecule has 1 heterocycles. The number of methoxy groups -OCH3 is 1. The third kappa shape index (κ3) is 4.83. The number of thiophene rings is 1. The molecule has 29 heavy (non-hydrogen) atoms. The number of hydrogen-bond acceptors (Lipinski definition) is 5. The Kier molecular flexibility index (Phi) is 7.00. The highest BCUT2D eigenvalue weighted by Gasteiger charge is 2.24. The molecule has 4 N–H and O–H groups in total. The monoisotopic (exact) mass is 471 g/mol. The molecule has 0 atom stereocenters. The van der Waals surface area contributed by atoms with Crippen LogP contribution in [0.15, 0.2) is 12.1 Å². The number of nitrogens with one attached hydrogen (secondary N) is 2. The lowest BCUT2D eigenvalue weighted by atomic mass is 10.1. The zero-order valence-corrected chi connectivity index (χ0v) is 18.7. The molecule has 1 aliphatic rings. The molecule has 1 aromatic carbocycles. The van der Waals surface area contributed by atoms with E-state index in [4.69, 9.17) is 45.9 Å². The van der Waals surface area contributed by atoms with Gasteiger partial charge in [0.15, 0.2) is 10.9 Å². The molecule has 2 aromatic rings. The van der Waals surface area contributed by atoms with E-state index < -0.39 is 11.8 Å². The van der Waals surface area contributed by atoms with E-state index in [9.17, 15) is 9.59 Å². The number of halogens is 2. The predicted octanol–water partition coefficient (Wildman–Crippen LogP) is 4.56. The van der Waals surface area contributed by atoms with E-state index in [0.717, 1.165) is 42.5 Å². The van der Waals surface area contributed by atoms with Crippen LogP contribution >= 0.6 is 46.8 Å². The molecule has 6 nitrogen and oxygen atoms in total. The number of nitrogens with two attached hydrogens (primary N) is 1. The van der Waals surface area contributed by atoms with Gasteiger partial charge in [-0.1, -0.05) is 29.6 Å². The summed E-state index contributed by atoms with van der Waals surface area (Å²) >= 11 is 18.9. The second-order valence-electron chi connectivity index (χ2n) is 6.51. The number of carbonyl (C=O) groups excluding carboxylic acids is 2. The number of benzene rings is 1. The number of thiocarbonyl (C=S) groups is 1. The number of amides is 2. The molecule has 0 saturated heterocycles. The molecular formula is C19H19Cl2N3O3S2. The van der Waals surface area contributed by atoms with Crippen molar-refractivity contribution in [3.63, 3.8) is 0 Å². The van der Waals surface area contributed by atoms with E-state index in [1.54, 1.807) is 0 Å². The molecule has 0 radical (unpaired) electrons. The summed E-state index contributed by atoms with van der Waals surface area (Å²) in [6, 6.07) is 2.87. The Balaban J connectivity index is 1.78. The van der Waals surface area contributed by atoms with E-state index in [1.165, 1.54) is 30.6 Å². The summed E-state index contributed by atoms with van der Waals surface area (Å²) in [4.78, 5) is 25.7. The average molecular weight is 472 g/mol. The van der Waals surface area contributed by atoms with Crippen LogP contribution in [0.5, 0.6) is 5.75 Å². The number of carbonyl (C=O) groups is 2. The molecule has 0 unspecified atom stereocenters. The number of fused-ring (bicyclic) bond motifs is 1. The van der Waals surface area contributed by atoms with Crippen LogP contribution in [0.4, 0.5) is 5.00 Å². The van der Waals surface area contributed by atoms with E-state index >= 15 is 0 Å². The Morgan fingerprint density at radius 3 is 2.45 bits per heavy atom. The van der Waals surface area contributed by atoms with Gasteiger partial charge in [-0.15, -0.1) is 11.3 Å². The van der Waals surface area contributed by atoms with Crippen LogP contribution in [0.1, 0.15) is 50.4 Å². The molecule has 0 spiro atoms. The fourth-order valence-corrected chi connectivity index (χ4v) is 5.49. The molecule has 0 aliphatic heterocycles. The summed E-state index contributed by atoms with van der Waals surface area (Å²) in [5.74, 6) is -0.709. The van der Waals surface area contributed by atoms with E-state index in [0.29, 0.717) is 10.6 Å². The standard InChI is InChI=1S/C19H19Cl2N3O3S2/c1-27-15-11(20)7-9(8-12(15)21)17(26)23-19(28)24-18-14(16(22)25)10-5-3-2-4-6-13(10)29-18/h7-8H,2-6H2,1H3,(H2,22,25)(H2,23,24,26,28). The topological polar surface area (TPSA) is 93.4 Å². The number of aryl methyl sites for hydroxylation is 1. The Labute approximate surface area is 187 Å². The van der Waals surface area contributed by atoms with Crippen LogP contribution in [0.2, 0.25) is 10.0 Å². The molecule has 1 aromatic heterocycles. The molecule has 2 amide bonds. The minimum atomic E-state index is -0.505. The van der Waals surface area contributed by atoms with Gasteiger partial charge in [0.05, 0.1) is 22.7 Å². The number of anilines is 1. The van der Waals surface area contributed by atoms with Crippen LogP contribution < -0.4 is 21.1 Å². The van der Waals surface area contributed by atoms with Crippen molar-refractivity contribution in [3.05, 3.63) is 43.7 Å². The highest BCUT2D eigenvalue weighted by molar-refractivity contribution is 7.80. The van der Waals surface area contributed by atoms with Crippen molar-refractivity contribution in [3.8, 4) is 5.75 Å². The summed E-state index contributed by atoms with van der Waals surface area (Å²) in [6.45, 7) is 0. The summed E-state index contributed by atoms with van der Waals surface area (Å²) in [5.41, 5.74) is 7.29. The van der Waals surface area contributed by atoms with Crippen LogP contribution in [-0.4, -0.2) is 24.0 Å². The van der Waals surface area contributed by atoms with Crippen molar-refractivity contribution < 1.29 is 14.3 Å². The smallest absolute Gasteiger partial charge is 0.257 e. The van der Waals surface area contributed by atoms with Gasteiger partial charge in [0.2, 0.25) is 0 Å². The molecule has 0 saturated carbocycles. The minimum absolute atomic E-state index is 0.0528. The van der Waals surface area contributed by atoms with Gasteiger partial charge in [0, 0.05) is 10.4 Å². The normalized spacial score (nSPS) is 13.2. The quantitative estimate of drug-likeness (QED) is 0.448. The minimum Gasteiger partial charge on any atom is -0.494 e. The summed E-state index contributed by atoms with van der Waals surface area (Å²) in [7, 11) is 1.44. The van der Waals surface area contributed by atoms with Crippen LogP contribution in [0, 0.1) is 0 Å².